The van der Waals surface area contributed by atoms with E-state index < -0.39 is 0 Å². The van der Waals surface area contributed by atoms with Crippen molar-refractivity contribution in [2.75, 3.05) is 59.5 Å². The number of rotatable bonds is 6. The summed E-state index contributed by atoms with van der Waals surface area (Å²) in [6.07, 6.45) is 2.84. The van der Waals surface area contributed by atoms with Gasteiger partial charge in [-0.25, -0.2) is 0 Å². The standard InChI is InChI=1S/C20H31N3O2.2ClH/c1-25-17-20(8-10-21-11-9-20)19(24)23-15-13-22(14-16-23)12-7-18-5-3-2-4-6-18;;/h2-6,21H,7-17H2,1H3;2*1H. The van der Waals surface area contributed by atoms with E-state index in [1.807, 2.05) is 0 Å². The van der Waals surface area contributed by atoms with Gasteiger partial charge in [0.05, 0.1) is 12.0 Å². The summed E-state index contributed by atoms with van der Waals surface area (Å²) in [7, 11) is 1.71. The zero-order valence-electron chi connectivity index (χ0n) is 16.2. The monoisotopic (exact) mass is 417 g/mol. The van der Waals surface area contributed by atoms with Crippen molar-refractivity contribution in [1.82, 2.24) is 15.1 Å². The van der Waals surface area contributed by atoms with Crippen molar-refractivity contribution in [3.05, 3.63) is 35.9 Å². The third-order valence-corrected chi connectivity index (χ3v) is 5.65. The normalized spacial score (nSPS) is 19.7. The minimum Gasteiger partial charge on any atom is -0.384 e. The molecule has 1 aromatic rings. The van der Waals surface area contributed by atoms with Crippen LogP contribution in [0.2, 0.25) is 0 Å². The molecule has 1 aromatic carbocycles. The Bertz CT molecular complexity index is 540. The second-order valence-corrected chi connectivity index (χ2v) is 7.33. The van der Waals surface area contributed by atoms with Crippen molar-refractivity contribution in [2.24, 2.45) is 5.41 Å². The van der Waals surface area contributed by atoms with E-state index in [0.29, 0.717) is 12.5 Å². The second kappa shape index (κ2) is 11.9. The molecule has 0 aromatic heterocycles. The summed E-state index contributed by atoms with van der Waals surface area (Å²) in [5.41, 5.74) is 1.07. The summed E-state index contributed by atoms with van der Waals surface area (Å²) in [6.45, 7) is 7.05. The van der Waals surface area contributed by atoms with Gasteiger partial charge < -0.3 is 15.0 Å². The number of carbonyl (C=O) groups is 1. The second-order valence-electron chi connectivity index (χ2n) is 7.33. The summed E-state index contributed by atoms with van der Waals surface area (Å²) in [4.78, 5) is 17.7. The van der Waals surface area contributed by atoms with Gasteiger partial charge in [0.2, 0.25) is 5.91 Å². The highest BCUT2D eigenvalue weighted by Gasteiger charge is 2.42. The molecule has 3 rings (SSSR count). The fraction of sp³-hybridized carbons (Fsp3) is 0.650. The Morgan fingerprint density at radius 1 is 1.07 bits per heavy atom. The number of piperidine rings is 1. The largest absolute Gasteiger partial charge is 0.384 e. The van der Waals surface area contributed by atoms with Crippen molar-refractivity contribution >= 4 is 30.7 Å². The average Bonchev–Trinajstić information content (AvgIpc) is 2.68. The zero-order valence-corrected chi connectivity index (χ0v) is 17.8. The smallest absolute Gasteiger partial charge is 0.231 e. The minimum absolute atomic E-state index is 0. The van der Waals surface area contributed by atoms with Gasteiger partial charge in [-0.2, -0.15) is 0 Å². The molecule has 2 saturated heterocycles. The molecule has 0 radical (unpaired) electrons. The Kier molecular flexibility index (Phi) is 10.6. The summed E-state index contributed by atoms with van der Waals surface area (Å²) in [5.74, 6) is 0.304. The molecule has 0 unspecified atom stereocenters. The van der Waals surface area contributed by atoms with Gasteiger partial charge in [-0.3, -0.25) is 9.69 Å². The molecule has 0 atom stereocenters. The van der Waals surface area contributed by atoms with Gasteiger partial charge in [-0.1, -0.05) is 30.3 Å². The average molecular weight is 418 g/mol. The lowest BCUT2D eigenvalue weighted by Crippen LogP contribution is -2.56. The molecule has 0 bridgehead atoms. The maximum Gasteiger partial charge on any atom is 0.231 e. The van der Waals surface area contributed by atoms with Crippen LogP contribution in [0.5, 0.6) is 0 Å². The SMILES string of the molecule is COCC1(C(=O)N2CCN(CCc3ccccc3)CC2)CCNCC1.Cl.Cl. The van der Waals surface area contributed by atoms with Gasteiger partial charge in [0.15, 0.2) is 0 Å². The molecule has 2 fully saturated rings. The van der Waals surface area contributed by atoms with Gasteiger partial charge in [0.25, 0.3) is 0 Å². The quantitative estimate of drug-likeness (QED) is 0.770. The highest BCUT2D eigenvalue weighted by atomic mass is 35.5. The molecular formula is C20H33Cl2N3O2. The Labute approximate surface area is 175 Å². The third kappa shape index (κ3) is 6.33. The number of methoxy groups -OCH3 is 1. The van der Waals surface area contributed by atoms with E-state index in [0.717, 1.165) is 65.1 Å². The van der Waals surface area contributed by atoms with Crippen LogP contribution in [0.4, 0.5) is 0 Å². The van der Waals surface area contributed by atoms with Crippen LogP contribution < -0.4 is 5.32 Å². The first-order valence-electron chi connectivity index (χ1n) is 9.49. The highest BCUT2D eigenvalue weighted by molar-refractivity contribution is 5.85. The van der Waals surface area contributed by atoms with Crippen molar-refractivity contribution in [3.8, 4) is 0 Å². The van der Waals surface area contributed by atoms with Crippen LogP contribution in [0, 0.1) is 5.41 Å². The zero-order chi connectivity index (χ0) is 17.5. The number of nitrogens with zero attached hydrogens (tertiary/aromatic N) is 2. The maximum absolute atomic E-state index is 13.2. The number of nitrogens with one attached hydrogen (secondary N) is 1. The first-order chi connectivity index (χ1) is 12.2. The number of piperazine rings is 1. The number of amides is 1. The first kappa shape index (κ1) is 24.2. The molecule has 5 nitrogen and oxygen atoms in total. The number of ether oxygens (including phenoxy) is 1. The molecule has 27 heavy (non-hydrogen) atoms. The van der Waals surface area contributed by atoms with Gasteiger partial charge >= 0.3 is 0 Å². The lowest BCUT2D eigenvalue weighted by Gasteiger charge is -2.42. The first-order valence-corrected chi connectivity index (χ1v) is 9.49. The van der Waals surface area contributed by atoms with Crippen LogP contribution in [0.15, 0.2) is 30.3 Å². The fourth-order valence-corrected chi connectivity index (χ4v) is 4.04. The molecule has 1 N–H and O–H groups in total. The molecule has 0 aliphatic carbocycles. The molecule has 1 amide bonds. The molecule has 2 aliphatic rings. The molecule has 2 heterocycles. The van der Waals surface area contributed by atoms with Crippen LogP contribution in [-0.4, -0.2) is 75.2 Å². The van der Waals surface area contributed by atoms with E-state index in [1.165, 1.54) is 5.56 Å². The van der Waals surface area contributed by atoms with E-state index in [4.69, 9.17) is 4.74 Å². The number of carbonyl (C=O) groups excluding carboxylic acids is 1. The third-order valence-electron chi connectivity index (χ3n) is 5.65. The topological polar surface area (TPSA) is 44.8 Å². The van der Waals surface area contributed by atoms with Crippen molar-refractivity contribution in [3.63, 3.8) is 0 Å². The van der Waals surface area contributed by atoms with Gasteiger partial charge in [-0.05, 0) is 37.9 Å². The summed E-state index contributed by atoms with van der Waals surface area (Å²) in [5, 5.41) is 3.36. The van der Waals surface area contributed by atoms with Crippen molar-refractivity contribution in [2.45, 2.75) is 19.3 Å². The van der Waals surface area contributed by atoms with Crippen LogP contribution in [0.25, 0.3) is 0 Å². The van der Waals surface area contributed by atoms with E-state index in [2.05, 4.69) is 45.4 Å². The van der Waals surface area contributed by atoms with E-state index >= 15 is 0 Å². The lowest BCUT2D eigenvalue weighted by molar-refractivity contribution is -0.149. The molecule has 7 heteroatoms. The number of hydrogen-bond acceptors (Lipinski definition) is 4. The Hall–Kier alpha value is -0.850. The fourth-order valence-electron chi connectivity index (χ4n) is 4.04. The van der Waals surface area contributed by atoms with E-state index in [9.17, 15) is 4.79 Å². The number of benzene rings is 1. The Morgan fingerprint density at radius 2 is 1.70 bits per heavy atom. The highest BCUT2D eigenvalue weighted by Crippen LogP contribution is 2.32. The molecule has 2 aliphatic heterocycles. The van der Waals surface area contributed by atoms with E-state index in [1.54, 1.807) is 7.11 Å². The van der Waals surface area contributed by atoms with Crippen molar-refractivity contribution < 1.29 is 9.53 Å². The van der Waals surface area contributed by atoms with Gasteiger partial charge in [-0.15, -0.1) is 24.8 Å². The summed E-state index contributed by atoms with van der Waals surface area (Å²) >= 11 is 0. The summed E-state index contributed by atoms with van der Waals surface area (Å²) in [6, 6.07) is 10.6. The molecule has 0 spiro atoms. The minimum atomic E-state index is -0.313. The maximum atomic E-state index is 13.2. The number of halogens is 2. The number of hydrogen-bond donors (Lipinski definition) is 1. The van der Waals surface area contributed by atoms with E-state index in [-0.39, 0.29) is 30.2 Å². The van der Waals surface area contributed by atoms with Crippen LogP contribution in [-0.2, 0) is 16.0 Å². The van der Waals surface area contributed by atoms with Crippen molar-refractivity contribution in [1.29, 1.82) is 0 Å². The van der Waals surface area contributed by atoms with Crippen LogP contribution in [0.1, 0.15) is 18.4 Å². The predicted molar refractivity (Wildman–Crippen MR) is 114 cm³/mol. The molecular weight excluding hydrogens is 385 g/mol. The lowest BCUT2D eigenvalue weighted by atomic mass is 9.78. The van der Waals surface area contributed by atoms with Crippen LogP contribution in [0.3, 0.4) is 0 Å². The molecule has 0 saturated carbocycles. The Morgan fingerprint density at radius 3 is 2.30 bits per heavy atom. The summed E-state index contributed by atoms with van der Waals surface area (Å²) < 4.78 is 5.42. The Balaban J connectivity index is 0.00000182. The van der Waals surface area contributed by atoms with Crippen LogP contribution >= 0.6 is 24.8 Å². The predicted octanol–water partition coefficient (Wildman–Crippen LogP) is 2.23. The van der Waals surface area contributed by atoms with Gasteiger partial charge in [0.1, 0.15) is 0 Å². The molecule has 154 valence electrons. The van der Waals surface area contributed by atoms with Gasteiger partial charge in [0, 0.05) is 39.8 Å².